The number of anilines is 1. The van der Waals surface area contributed by atoms with Gasteiger partial charge < -0.3 is 15.1 Å². The fourth-order valence-corrected chi connectivity index (χ4v) is 5.66. The zero-order valence-corrected chi connectivity index (χ0v) is 19.8. The highest BCUT2D eigenvalue weighted by Crippen LogP contribution is 2.42. The Kier molecular flexibility index (Phi) is 5.39. The molecular weight excluding hydrogens is 418 g/mol. The number of urea groups is 1. The van der Waals surface area contributed by atoms with Crippen LogP contribution in [0.3, 0.4) is 0 Å². The zero-order valence-electron chi connectivity index (χ0n) is 19.8. The van der Waals surface area contributed by atoms with Crippen LogP contribution in [0.4, 0.5) is 10.6 Å². The van der Waals surface area contributed by atoms with Crippen LogP contribution >= 0.6 is 0 Å². The summed E-state index contributed by atoms with van der Waals surface area (Å²) in [5.41, 5.74) is 1.50. The van der Waals surface area contributed by atoms with Gasteiger partial charge in [-0.15, -0.1) is 0 Å². The van der Waals surface area contributed by atoms with Gasteiger partial charge in [0.25, 0.3) is 5.91 Å². The number of amides is 3. The molecule has 33 heavy (non-hydrogen) atoms. The van der Waals surface area contributed by atoms with E-state index in [1.807, 2.05) is 23.6 Å². The van der Waals surface area contributed by atoms with Crippen LogP contribution in [-0.2, 0) is 12.1 Å². The second-order valence-corrected chi connectivity index (χ2v) is 10.1. The summed E-state index contributed by atoms with van der Waals surface area (Å²) in [6, 6.07) is 5.88. The standard InChI is InChI=1S/C24H33N7O2/c1-5-16-10-17-13-30(15(2)11-29(17)12-16)23(33)31-14-18-20(24(31,3)4)27-28-21(18)26-22(32)19-8-6-7-9-25-19/h6-9,15-17H,5,10-14H2,1-4H3,(H2,26,27,28,32)/t15-,16-,17-/m0/s1. The number of rotatable bonds is 3. The fraction of sp³-hybridized carbons (Fsp3) is 0.583. The number of nitrogens with zero attached hydrogens (tertiary/aromatic N) is 5. The predicted molar refractivity (Wildman–Crippen MR) is 125 cm³/mol. The first-order valence-electron chi connectivity index (χ1n) is 11.9. The molecule has 3 atom stereocenters. The molecule has 3 aliphatic heterocycles. The van der Waals surface area contributed by atoms with Crippen LogP contribution in [0.1, 0.15) is 62.3 Å². The van der Waals surface area contributed by atoms with Gasteiger partial charge in [0.15, 0.2) is 5.82 Å². The molecule has 0 radical (unpaired) electrons. The van der Waals surface area contributed by atoms with Crippen LogP contribution in [0, 0.1) is 5.92 Å². The highest BCUT2D eigenvalue weighted by Gasteiger charge is 2.48. The van der Waals surface area contributed by atoms with E-state index >= 15 is 0 Å². The number of carbonyl (C=O) groups is 2. The molecule has 5 heterocycles. The van der Waals surface area contributed by atoms with Crippen molar-refractivity contribution in [3.05, 3.63) is 41.3 Å². The van der Waals surface area contributed by atoms with Crippen molar-refractivity contribution in [2.75, 3.05) is 25.0 Å². The Bertz CT molecular complexity index is 1050. The van der Waals surface area contributed by atoms with E-state index in [9.17, 15) is 9.59 Å². The number of pyridine rings is 1. The quantitative estimate of drug-likeness (QED) is 0.748. The van der Waals surface area contributed by atoms with E-state index in [-0.39, 0.29) is 18.0 Å². The van der Waals surface area contributed by atoms with Crippen molar-refractivity contribution in [3.8, 4) is 0 Å². The molecule has 2 aromatic rings. The minimum absolute atomic E-state index is 0.0544. The van der Waals surface area contributed by atoms with Gasteiger partial charge in [-0.05, 0) is 45.2 Å². The van der Waals surface area contributed by atoms with E-state index < -0.39 is 5.54 Å². The normalized spacial score (nSPS) is 26.2. The lowest BCUT2D eigenvalue weighted by atomic mass is 10.0. The molecule has 2 fully saturated rings. The van der Waals surface area contributed by atoms with Crippen molar-refractivity contribution >= 4 is 17.8 Å². The fourth-order valence-electron chi connectivity index (χ4n) is 5.66. The first kappa shape index (κ1) is 21.9. The van der Waals surface area contributed by atoms with Crippen LogP contribution in [-0.4, -0.2) is 73.5 Å². The van der Waals surface area contributed by atoms with Crippen LogP contribution in [0.15, 0.2) is 24.4 Å². The molecule has 0 aromatic carbocycles. The van der Waals surface area contributed by atoms with E-state index in [4.69, 9.17) is 0 Å². The summed E-state index contributed by atoms with van der Waals surface area (Å²) >= 11 is 0. The summed E-state index contributed by atoms with van der Waals surface area (Å²) in [7, 11) is 0. The highest BCUT2D eigenvalue weighted by molar-refractivity contribution is 6.02. The number of hydrogen-bond donors (Lipinski definition) is 2. The molecule has 0 saturated carbocycles. The second-order valence-electron chi connectivity index (χ2n) is 10.1. The number of piperazine rings is 1. The molecule has 0 bridgehead atoms. The molecule has 9 heteroatoms. The summed E-state index contributed by atoms with van der Waals surface area (Å²) in [4.78, 5) is 37.0. The Morgan fingerprint density at radius 1 is 1.24 bits per heavy atom. The molecule has 2 saturated heterocycles. The van der Waals surface area contributed by atoms with Crippen molar-refractivity contribution in [2.45, 2.75) is 64.7 Å². The number of carbonyl (C=O) groups excluding carboxylic acids is 2. The molecule has 9 nitrogen and oxygen atoms in total. The van der Waals surface area contributed by atoms with Gasteiger partial charge in [0.2, 0.25) is 0 Å². The summed E-state index contributed by atoms with van der Waals surface area (Å²) in [5.74, 6) is 0.879. The molecule has 0 spiro atoms. The first-order valence-corrected chi connectivity index (χ1v) is 11.9. The number of aromatic nitrogens is 3. The van der Waals surface area contributed by atoms with Crippen LogP contribution < -0.4 is 5.32 Å². The molecule has 2 aromatic heterocycles. The van der Waals surface area contributed by atoms with Crippen molar-refractivity contribution in [3.63, 3.8) is 0 Å². The number of nitrogens with one attached hydrogen (secondary N) is 2. The van der Waals surface area contributed by atoms with Gasteiger partial charge in [-0.1, -0.05) is 19.4 Å². The van der Waals surface area contributed by atoms with Crippen molar-refractivity contribution in [1.29, 1.82) is 0 Å². The van der Waals surface area contributed by atoms with Gasteiger partial charge in [0.1, 0.15) is 5.69 Å². The van der Waals surface area contributed by atoms with E-state index in [2.05, 4.69) is 39.2 Å². The van der Waals surface area contributed by atoms with Gasteiger partial charge in [-0.2, -0.15) is 5.10 Å². The maximum absolute atomic E-state index is 13.8. The van der Waals surface area contributed by atoms with Crippen LogP contribution in [0.2, 0.25) is 0 Å². The Labute approximate surface area is 194 Å². The smallest absolute Gasteiger partial charge is 0.319 e. The van der Waals surface area contributed by atoms with E-state index in [0.717, 1.165) is 36.8 Å². The zero-order chi connectivity index (χ0) is 23.3. The topological polar surface area (TPSA) is 97.5 Å². The average molecular weight is 452 g/mol. The number of H-pyrrole nitrogens is 1. The van der Waals surface area contributed by atoms with Gasteiger partial charge >= 0.3 is 6.03 Å². The summed E-state index contributed by atoms with van der Waals surface area (Å²) < 4.78 is 0. The SMILES string of the molecule is CC[C@H]1C[C@H]2CN(C(=O)N3Cc4c(NC(=O)c5ccccn5)n[nH]c4C3(C)C)[C@@H](C)CN2C1. The molecule has 0 unspecified atom stereocenters. The van der Waals surface area contributed by atoms with Crippen LogP contribution in [0.5, 0.6) is 0 Å². The molecule has 176 valence electrons. The van der Waals surface area contributed by atoms with E-state index in [1.165, 1.54) is 12.8 Å². The minimum Gasteiger partial charge on any atom is -0.319 e. The molecule has 3 aliphatic rings. The third-order valence-corrected chi connectivity index (χ3v) is 7.71. The predicted octanol–water partition coefficient (Wildman–Crippen LogP) is 3.03. The minimum atomic E-state index is -0.550. The number of aromatic amines is 1. The van der Waals surface area contributed by atoms with Crippen molar-refractivity contribution < 1.29 is 9.59 Å². The molecule has 3 amide bonds. The van der Waals surface area contributed by atoms with Gasteiger partial charge in [-0.25, -0.2) is 4.79 Å². The second kappa shape index (κ2) is 8.13. The Morgan fingerprint density at radius 3 is 2.79 bits per heavy atom. The molecular formula is C24H33N7O2. The van der Waals surface area contributed by atoms with Crippen LogP contribution in [0.25, 0.3) is 0 Å². The van der Waals surface area contributed by atoms with Gasteiger partial charge in [-0.3, -0.25) is 19.8 Å². The number of fused-ring (bicyclic) bond motifs is 2. The summed E-state index contributed by atoms with van der Waals surface area (Å²) in [5, 5.41) is 10.3. The van der Waals surface area contributed by atoms with E-state index in [0.29, 0.717) is 24.1 Å². The average Bonchev–Trinajstić information content (AvgIpc) is 3.47. The van der Waals surface area contributed by atoms with Crippen molar-refractivity contribution in [1.82, 2.24) is 29.9 Å². The van der Waals surface area contributed by atoms with Gasteiger partial charge in [0.05, 0.1) is 17.8 Å². The molecule has 2 N–H and O–H groups in total. The lowest BCUT2D eigenvalue weighted by molar-refractivity contribution is 0.0453. The lowest BCUT2D eigenvalue weighted by Crippen LogP contribution is -2.60. The number of hydrogen-bond acceptors (Lipinski definition) is 5. The molecule has 0 aliphatic carbocycles. The monoisotopic (exact) mass is 451 g/mol. The molecule has 5 rings (SSSR count). The Hall–Kier alpha value is -2.94. The summed E-state index contributed by atoms with van der Waals surface area (Å²) in [6.07, 6.45) is 3.95. The lowest BCUT2D eigenvalue weighted by Gasteiger charge is -2.45. The Balaban J connectivity index is 1.33. The first-order chi connectivity index (χ1) is 15.8. The highest BCUT2D eigenvalue weighted by atomic mass is 16.2. The maximum Gasteiger partial charge on any atom is 0.321 e. The third kappa shape index (κ3) is 3.68. The maximum atomic E-state index is 13.8. The third-order valence-electron chi connectivity index (χ3n) is 7.71. The van der Waals surface area contributed by atoms with Gasteiger partial charge in [0, 0.05) is 43.5 Å². The largest absolute Gasteiger partial charge is 0.321 e. The Morgan fingerprint density at radius 2 is 2.06 bits per heavy atom. The summed E-state index contributed by atoms with van der Waals surface area (Å²) in [6.45, 7) is 11.7. The van der Waals surface area contributed by atoms with Crippen molar-refractivity contribution in [2.24, 2.45) is 5.92 Å². The van der Waals surface area contributed by atoms with E-state index in [1.54, 1.807) is 24.4 Å².